The van der Waals surface area contributed by atoms with Gasteiger partial charge in [0, 0.05) is 36.3 Å². The van der Waals surface area contributed by atoms with Crippen molar-refractivity contribution < 1.29 is 9.53 Å². The van der Waals surface area contributed by atoms with Crippen LogP contribution in [0.4, 0.5) is 0 Å². The molecule has 0 bridgehead atoms. The molecule has 2 heterocycles. The number of aromatic nitrogens is 3. The average molecular weight is 423 g/mol. The quantitative estimate of drug-likeness (QED) is 0.420. The molecule has 156 valence electrons. The van der Waals surface area contributed by atoms with E-state index in [1.54, 1.807) is 18.9 Å². The first-order chi connectivity index (χ1) is 14.7. The molecule has 7 heteroatoms. The third kappa shape index (κ3) is 4.22. The standard InChI is InChI=1S/C23H26N4O2S/c1-29-14-13-27-12-10-16-17(6-5-9-21(16)27)23(28)26-20(11-15-30-2)22-24-18-7-3-4-8-19(18)25-22/h3-10,12,20H,11,13-15H2,1-2H3,(H,24,25)(H,26,28)/t20-/m0/s1. The number of thioether (sulfide) groups is 1. The number of ether oxygens (including phenoxy) is 1. The zero-order valence-corrected chi connectivity index (χ0v) is 18.0. The molecule has 0 fully saturated rings. The summed E-state index contributed by atoms with van der Waals surface area (Å²) in [5.74, 6) is 1.64. The van der Waals surface area contributed by atoms with Crippen LogP contribution < -0.4 is 5.32 Å². The molecule has 2 aromatic heterocycles. The molecular weight excluding hydrogens is 396 g/mol. The highest BCUT2D eigenvalue weighted by atomic mass is 32.2. The lowest BCUT2D eigenvalue weighted by Crippen LogP contribution is -2.30. The molecule has 0 unspecified atom stereocenters. The summed E-state index contributed by atoms with van der Waals surface area (Å²) in [6.07, 6.45) is 4.88. The van der Waals surface area contributed by atoms with Crippen molar-refractivity contribution in [3.05, 3.63) is 66.1 Å². The monoisotopic (exact) mass is 422 g/mol. The summed E-state index contributed by atoms with van der Waals surface area (Å²) in [7, 11) is 1.69. The molecule has 4 rings (SSSR count). The Morgan fingerprint density at radius 2 is 2.10 bits per heavy atom. The lowest BCUT2D eigenvalue weighted by atomic mass is 10.1. The van der Waals surface area contributed by atoms with Crippen molar-refractivity contribution in [1.82, 2.24) is 19.9 Å². The van der Waals surface area contributed by atoms with Gasteiger partial charge in [-0.1, -0.05) is 18.2 Å². The number of H-pyrrole nitrogens is 1. The second-order valence-corrected chi connectivity index (χ2v) is 8.17. The number of amides is 1. The number of fused-ring (bicyclic) bond motifs is 2. The van der Waals surface area contributed by atoms with Gasteiger partial charge < -0.3 is 19.6 Å². The average Bonchev–Trinajstić information content (AvgIpc) is 3.38. The molecule has 2 aromatic carbocycles. The maximum absolute atomic E-state index is 13.3. The number of aromatic amines is 1. The first-order valence-electron chi connectivity index (χ1n) is 10.0. The molecule has 1 atom stereocenters. The molecule has 30 heavy (non-hydrogen) atoms. The normalized spacial score (nSPS) is 12.5. The van der Waals surface area contributed by atoms with Gasteiger partial charge in [-0.15, -0.1) is 0 Å². The number of nitrogens with zero attached hydrogens (tertiary/aromatic N) is 2. The van der Waals surface area contributed by atoms with Gasteiger partial charge in [-0.2, -0.15) is 11.8 Å². The van der Waals surface area contributed by atoms with Crippen LogP contribution in [0.1, 0.15) is 28.6 Å². The first kappa shape index (κ1) is 20.5. The number of para-hydroxylation sites is 2. The minimum Gasteiger partial charge on any atom is -0.383 e. The fourth-order valence-electron chi connectivity index (χ4n) is 3.69. The molecule has 0 saturated carbocycles. The number of hydrogen-bond acceptors (Lipinski definition) is 4. The molecule has 1 amide bonds. The molecule has 0 aliphatic carbocycles. The van der Waals surface area contributed by atoms with Crippen molar-refractivity contribution in [1.29, 1.82) is 0 Å². The summed E-state index contributed by atoms with van der Waals surface area (Å²) in [6.45, 7) is 1.38. The van der Waals surface area contributed by atoms with Crippen molar-refractivity contribution in [3.63, 3.8) is 0 Å². The second kappa shape index (κ2) is 9.36. The van der Waals surface area contributed by atoms with Crippen LogP contribution in [0.15, 0.2) is 54.7 Å². The van der Waals surface area contributed by atoms with E-state index in [1.807, 2.05) is 54.7 Å². The van der Waals surface area contributed by atoms with Crippen LogP contribution in [0.3, 0.4) is 0 Å². The molecule has 2 N–H and O–H groups in total. The molecular formula is C23H26N4O2S. The van der Waals surface area contributed by atoms with Gasteiger partial charge in [0.2, 0.25) is 0 Å². The highest BCUT2D eigenvalue weighted by Gasteiger charge is 2.20. The molecule has 0 saturated heterocycles. The van der Waals surface area contributed by atoms with E-state index in [2.05, 4.69) is 21.1 Å². The van der Waals surface area contributed by atoms with Crippen LogP contribution in [0.25, 0.3) is 21.9 Å². The number of methoxy groups -OCH3 is 1. The van der Waals surface area contributed by atoms with Gasteiger partial charge in [0.1, 0.15) is 5.82 Å². The fourth-order valence-corrected chi connectivity index (χ4v) is 4.16. The van der Waals surface area contributed by atoms with Crippen molar-refractivity contribution in [3.8, 4) is 0 Å². The lowest BCUT2D eigenvalue weighted by Gasteiger charge is -2.17. The first-order valence-corrected chi connectivity index (χ1v) is 11.4. The number of hydrogen-bond donors (Lipinski definition) is 2. The summed E-state index contributed by atoms with van der Waals surface area (Å²) < 4.78 is 7.30. The van der Waals surface area contributed by atoms with E-state index >= 15 is 0 Å². The van der Waals surface area contributed by atoms with Crippen LogP contribution in [0, 0.1) is 0 Å². The van der Waals surface area contributed by atoms with Crippen molar-refractivity contribution >= 4 is 39.6 Å². The number of carbonyl (C=O) groups is 1. The van der Waals surface area contributed by atoms with Gasteiger partial charge in [-0.25, -0.2) is 4.98 Å². The number of benzene rings is 2. The van der Waals surface area contributed by atoms with E-state index in [0.29, 0.717) is 12.2 Å². The molecule has 0 aliphatic rings. The summed E-state index contributed by atoms with van der Waals surface area (Å²) in [5.41, 5.74) is 3.60. The smallest absolute Gasteiger partial charge is 0.252 e. The molecule has 0 spiro atoms. The third-order valence-corrected chi connectivity index (χ3v) is 5.89. The van der Waals surface area contributed by atoms with Gasteiger partial charge in [-0.05, 0) is 48.8 Å². The summed E-state index contributed by atoms with van der Waals surface area (Å²) in [5, 5.41) is 4.15. The Kier molecular flexibility index (Phi) is 6.40. The molecule has 6 nitrogen and oxygen atoms in total. The highest BCUT2D eigenvalue weighted by Crippen LogP contribution is 2.24. The lowest BCUT2D eigenvalue weighted by molar-refractivity contribution is 0.0936. The predicted molar refractivity (Wildman–Crippen MR) is 123 cm³/mol. The van der Waals surface area contributed by atoms with E-state index in [9.17, 15) is 4.79 Å². The zero-order chi connectivity index (χ0) is 20.9. The maximum Gasteiger partial charge on any atom is 0.252 e. The largest absolute Gasteiger partial charge is 0.383 e. The van der Waals surface area contributed by atoms with Gasteiger partial charge >= 0.3 is 0 Å². The minimum absolute atomic E-state index is 0.0864. The van der Waals surface area contributed by atoms with Crippen molar-refractivity contribution in [2.45, 2.75) is 19.0 Å². The van der Waals surface area contributed by atoms with E-state index in [0.717, 1.165) is 46.5 Å². The van der Waals surface area contributed by atoms with E-state index in [1.165, 1.54) is 0 Å². The highest BCUT2D eigenvalue weighted by molar-refractivity contribution is 7.98. The number of nitrogens with one attached hydrogen (secondary N) is 2. The molecule has 0 aliphatic heterocycles. The Bertz CT molecular complexity index is 1120. The van der Waals surface area contributed by atoms with Crippen LogP contribution in [0.2, 0.25) is 0 Å². The second-order valence-electron chi connectivity index (χ2n) is 7.19. The van der Waals surface area contributed by atoms with Crippen molar-refractivity contribution in [2.75, 3.05) is 25.7 Å². The summed E-state index contributed by atoms with van der Waals surface area (Å²) in [4.78, 5) is 21.3. The fraction of sp³-hybridized carbons (Fsp3) is 0.304. The molecule has 4 aromatic rings. The van der Waals surface area contributed by atoms with Crippen LogP contribution in [-0.4, -0.2) is 46.2 Å². The zero-order valence-electron chi connectivity index (χ0n) is 17.2. The topological polar surface area (TPSA) is 71.9 Å². The van der Waals surface area contributed by atoms with Gasteiger partial charge in [0.25, 0.3) is 5.91 Å². The number of rotatable bonds is 9. The Morgan fingerprint density at radius 3 is 2.90 bits per heavy atom. The summed E-state index contributed by atoms with van der Waals surface area (Å²) in [6, 6.07) is 15.6. The van der Waals surface area contributed by atoms with Crippen LogP contribution in [0.5, 0.6) is 0 Å². The third-order valence-electron chi connectivity index (χ3n) is 5.25. The minimum atomic E-state index is -0.178. The Balaban J connectivity index is 1.61. The predicted octanol–water partition coefficient (Wildman–Crippen LogP) is 4.39. The Morgan fingerprint density at radius 1 is 1.23 bits per heavy atom. The van der Waals surface area contributed by atoms with Crippen LogP contribution >= 0.6 is 11.8 Å². The van der Waals surface area contributed by atoms with E-state index in [4.69, 9.17) is 9.72 Å². The van der Waals surface area contributed by atoms with Gasteiger partial charge in [-0.3, -0.25) is 4.79 Å². The maximum atomic E-state index is 13.3. The van der Waals surface area contributed by atoms with Gasteiger partial charge in [0.15, 0.2) is 0 Å². The summed E-state index contributed by atoms with van der Waals surface area (Å²) >= 11 is 1.76. The van der Waals surface area contributed by atoms with E-state index < -0.39 is 0 Å². The molecule has 0 radical (unpaired) electrons. The van der Waals surface area contributed by atoms with Crippen molar-refractivity contribution in [2.24, 2.45) is 0 Å². The Labute approximate surface area is 180 Å². The van der Waals surface area contributed by atoms with E-state index in [-0.39, 0.29) is 11.9 Å². The van der Waals surface area contributed by atoms with Crippen LogP contribution in [-0.2, 0) is 11.3 Å². The Hall–Kier alpha value is -2.77. The SMILES string of the molecule is COCCn1ccc2c(C(=O)N[C@@H](CCSC)c3nc4ccccc4[nH]3)cccc21. The number of carbonyl (C=O) groups excluding carboxylic acids is 1. The van der Waals surface area contributed by atoms with Gasteiger partial charge in [0.05, 0.1) is 23.7 Å². The number of imidazole rings is 1.